The van der Waals surface area contributed by atoms with Crippen molar-refractivity contribution in [1.82, 2.24) is 15.5 Å². The van der Waals surface area contributed by atoms with Gasteiger partial charge in [-0.25, -0.2) is 9.59 Å². The molecule has 2 aliphatic heterocycles. The molecule has 10 nitrogen and oxygen atoms in total. The zero-order chi connectivity index (χ0) is 24.9. The third-order valence-corrected chi connectivity index (χ3v) is 6.71. The number of rotatable bonds is 8. The van der Waals surface area contributed by atoms with Crippen LogP contribution in [0.2, 0.25) is 0 Å². The van der Waals surface area contributed by atoms with Gasteiger partial charge in [0.05, 0.1) is 36.9 Å². The number of amides is 3. The number of urea groups is 1. The fourth-order valence-electron chi connectivity index (χ4n) is 4.95. The van der Waals surface area contributed by atoms with Gasteiger partial charge >= 0.3 is 18.0 Å². The van der Waals surface area contributed by atoms with Crippen molar-refractivity contribution in [2.45, 2.75) is 51.1 Å². The Bertz CT molecular complexity index is 1010. The van der Waals surface area contributed by atoms with Crippen LogP contribution in [0.25, 0.3) is 0 Å². The standard InChI is InChI=1S/C25H31N3O7/c1-3-34-24(31)21-19(26-25(32)27-22(21)15-8-10-18(33-2)11-9-15)14-35-23(30)16-12-20(29)28(13-16)17-6-4-5-7-17/h8-11,16-17,22H,3-7,12-14H2,1-2H3,(H2,26,27,32). The first-order chi connectivity index (χ1) is 16.9. The van der Waals surface area contributed by atoms with Crippen LogP contribution >= 0.6 is 0 Å². The Morgan fingerprint density at radius 2 is 1.80 bits per heavy atom. The van der Waals surface area contributed by atoms with Gasteiger partial charge in [-0.05, 0) is 37.5 Å². The van der Waals surface area contributed by atoms with Crippen LogP contribution in [0.15, 0.2) is 35.5 Å². The summed E-state index contributed by atoms with van der Waals surface area (Å²) in [6, 6.07) is 5.78. The smallest absolute Gasteiger partial charge is 0.338 e. The molecule has 2 atom stereocenters. The number of likely N-dealkylation sites (tertiary alicyclic amines) is 1. The third kappa shape index (κ3) is 5.41. The van der Waals surface area contributed by atoms with Crippen molar-refractivity contribution >= 4 is 23.9 Å². The van der Waals surface area contributed by atoms with E-state index in [1.165, 1.54) is 0 Å². The van der Waals surface area contributed by atoms with Gasteiger partial charge in [-0.3, -0.25) is 9.59 Å². The Morgan fingerprint density at radius 3 is 2.46 bits per heavy atom. The molecular weight excluding hydrogens is 454 g/mol. The molecule has 0 spiro atoms. The number of ether oxygens (including phenoxy) is 3. The molecule has 1 aromatic rings. The van der Waals surface area contributed by atoms with Gasteiger partial charge in [0.2, 0.25) is 5.91 Å². The number of hydrogen-bond acceptors (Lipinski definition) is 7. The maximum absolute atomic E-state index is 12.9. The Hall–Kier alpha value is -3.56. The molecule has 4 rings (SSSR count). The molecule has 1 aromatic carbocycles. The SMILES string of the molecule is CCOC(=O)C1=C(COC(=O)C2CC(=O)N(C3CCCC3)C2)NC(=O)NC1c1ccc(OC)cc1. The molecule has 3 aliphatic rings. The highest BCUT2D eigenvalue weighted by molar-refractivity contribution is 5.95. The molecule has 1 aliphatic carbocycles. The van der Waals surface area contributed by atoms with E-state index in [-0.39, 0.29) is 42.9 Å². The van der Waals surface area contributed by atoms with Crippen LogP contribution in [0.1, 0.15) is 50.6 Å². The predicted octanol–water partition coefficient (Wildman–Crippen LogP) is 2.20. The Labute approximate surface area is 204 Å². The lowest BCUT2D eigenvalue weighted by Gasteiger charge is -2.29. The molecule has 2 heterocycles. The second-order valence-electron chi connectivity index (χ2n) is 8.91. The summed E-state index contributed by atoms with van der Waals surface area (Å²) in [4.78, 5) is 52.4. The molecule has 2 fully saturated rings. The van der Waals surface area contributed by atoms with Gasteiger partial charge in [0.15, 0.2) is 0 Å². The van der Waals surface area contributed by atoms with E-state index in [0.29, 0.717) is 17.9 Å². The first-order valence-electron chi connectivity index (χ1n) is 12.0. The number of benzene rings is 1. The topological polar surface area (TPSA) is 123 Å². The maximum atomic E-state index is 12.9. The average Bonchev–Trinajstić information content (AvgIpc) is 3.52. The van der Waals surface area contributed by atoms with Gasteiger partial charge in [0.25, 0.3) is 0 Å². The molecule has 2 unspecified atom stereocenters. The summed E-state index contributed by atoms with van der Waals surface area (Å²) in [6.07, 6.45) is 4.24. The van der Waals surface area contributed by atoms with E-state index < -0.39 is 29.9 Å². The van der Waals surface area contributed by atoms with E-state index in [1.807, 2.05) is 0 Å². The van der Waals surface area contributed by atoms with E-state index in [2.05, 4.69) is 10.6 Å². The first-order valence-corrected chi connectivity index (χ1v) is 12.0. The highest BCUT2D eigenvalue weighted by Crippen LogP contribution is 2.31. The first kappa shape index (κ1) is 24.6. The molecular formula is C25H31N3O7. The fourth-order valence-corrected chi connectivity index (χ4v) is 4.95. The van der Waals surface area contributed by atoms with Gasteiger partial charge in [-0.15, -0.1) is 0 Å². The normalized spacial score (nSPS) is 22.6. The zero-order valence-electron chi connectivity index (χ0n) is 20.0. The summed E-state index contributed by atoms with van der Waals surface area (Å²) in [5.74, 6) is -1.12. The number of esters is 2. The molecule has 2 N–H and O–H groups in total. The minimum atomic E-state index is -0.798. The van der Waals surface area contributed by atoms with E-state index in [9.17, 15) is 19.2 Å². The zero-order valence-corrected chi connectivity index (χ0v) is 20.0. The van der Waals surface area contributed by atoms with Crippen molar-refractivity contribution in [3.8, 4) is 5.75 Å². The molecule has 10 heteroatoms. The van der Waals surface area contributed by atoms with Crippen molar-refractivity contribution in [3.63, 3.8) is 0 Å². The summed E-state index contributed by atoms with van der Waals surface area (Å²) in [5.41, 5.74) is 0.943. The number of carbonyl (C=O) groups excluding carboxylic acids is 4. The van der Waals surface area contributed by atoms with Crippen molar-refractivity contribution in [2.24, 2.45) is 5.92 Å². The lowest BCUT2D eigenvalue weighted by atomic mass is 9.95. The maximum Gasteiger partial charge on any atom is 0.338 e. The number of nitrogens with one attached hydrogen (secondary N) is 2. The molecule has 1 saturated heterocycles. The van der Waals surface area contributed by atoms with Gasteiger partial charge in [-0.2, -0.15) is 0 Å². The van der Waals surface area contributed by atoms with Crippen LogP contribution in [-0.4, -0.2) is 61.7 Å². The summed E-state index contributed by atoms with van der Waals surface area (Å²) in [5, 5.41) is 5.32. The Morgan fingerprint density at radius 1 is 1.09 bits per heavy atom. The summed E-state index contributed by atoms with van der Waals surface area (Å²) in [6.45, 7) is 1.85. The molecule has 0 aromatic heterocycles. The minimum Gasteiger partial charge on any atom is -0.497 e. The molecule has 0 radical (unpaired) electrons. The monoisotopic (exact) mass is 485 g/mol. The van der Waals surface area contributed by atoms with Crippen LogP contribution in [0.3, 0.4) is 0 Å². The van der Waals surface area contributed by atoms with Crippen LogP contribution in [0.4, 0.5) is 4.79 Å². The quantitative estimate of drug-likeness (QED) is 0.541. The summed E-state index contributed by atoms with van der Waals surface area (Å²) < 4.78 is 15.9. The van der Waals surface area contributed by atoms with E-state index in [0.717, 1.165) is 25.7 Å². The van der Waals surface area contributed by atoms with Crippen LogP contribution in [0.5, 0.6) is 5.75 Å². The van der Waals surface area contributed by atoms with Crippen molar-refractivity contribution in [1.29, 1.82) is 0 Å². The van der Waals surface area contributed by atoms with Gasteiger partial charge in [0.1, 0.15) is 12.4 Å². The fraction of sp³-hybridized carbons (Fsp3) is 0.520. The van der Waals surface area contributed by atoms with E-state index in [1.54, 1.807) is 43.2 Å². The molecule has 188 valence electrons. The Kier molecular flexibility index (Phi) is 7.57. The van der Waals surface area contributed by atoms with Crippen LogP contribution in [0, 0.1) is 5.92 Å². The minimum absolute atomic E-state index is 0.0278. The molecule has 1 saturated carbocycles. The second kappa shape index (κ2) is 10.8. The van der Waals surface area contributed by atoms with E-state index >= 15 is 0 Å². The van der Waals surface area contributed by atoms with Gasteiger partial charge in [-0.1, -0.05) is 25.0 Å². The van der Waals surface area contributed by atoms with Gasteiger partial charge in [0, 0.05) is 19.0 Å². The average molecular weight is 486 g/mol. The lowest BCUT2D eigenvalue weighted by Crippen LogP contribution is -2.47. The van der Waals surface area contributed by atoms with Gasteiger partial charge < -0.3 is 29.7 Å². The highest BCUT2D eigenvalue weighted by atomic mass is 16.5. The number of carbonyl (C=O) groups is 4. The molecule has 35 heavy (non-hydrogen) atoms. The van der Waals surface area contributed by atoms with Crippen LogP contribution in [-0.2, 0) is 23.9 Å². The number of hydrogen-bond donors (Lipinski definition) is 2. The third-order valence-electron chi connectivity index (χ3n) is 6.71. The second-order valence-corrected chi connectivity index (χ2v) is 8.91. The summed E-state index contributed by atoms with van der Waals surface area (Å²) >= 11 is 0. The Balaban J connectivity index is 1.51. The molecule has 0 bridgehead atoms. The summed E-state index contributed by atoms with van der Waals surface area (Å²) in [7, 11) is 1.54. The van der Waals surface area contributed by atoms with E-state index in [4.69, 9.17) is 14.2 Å². The van der Waals surface area contributed by atoms with Crippen molar-refractivity contribution in [3.05, 3.63) is 41.1 Å². The van der Waals surface area contributed by atoms with Crippen LogP contribution < -0.4 is 15.4 Å². The lowest BCUT2D eigenvalue weighted by molar-refractivity contribution is -0.148. The predicted molar refractivity (Wildman–Crippen MR) is 124 cm³/mol. The largest absolute Gasteiger partial charge is 0.497 e. The highest BCUT2D eigenvalue weighted by Gasteiger charge is 2.40. The van der Waals surface area contributed by atoms with Crippen molar-refractivity contribution < 1.29 is 33.4 Å². The number of nitrogens with zero attached hydrogens (tertiary/aromatic N) is 1. The molecule has 3 amide bonds. The van der Waals surface area contributed by atoms with Crippen molar-refractivity contribution in [2.75, 3.05) is 26.9 Å². The number of methoxy groups -OCH3 is 1.